The molecule has 0 spiro atoms. The maximum absolute atomic E-state index is 5.30. The van der Waals surface area contributed by atoms with Crippen LogP contribution in [0.3, 0.4) is 0 Å². The molecular weight excluding hydrogens is 272 g/mol. The molecule has 2 N–H and O–H groups in total. The average Bonchev–Trinajstić information content (AvgIpc) is 2.94. The van der Waals surface area contributed by atoms with Crippen LogP contribution in [0.4, 0.5) is 5.69 Å². The highest BCUT2D eigenvalue weighted by molar-refractivity contribution is 7.80. The first-order chi connectivity index (χ1) is 9.52. The van der Waals surface area contributed by atoms with Crippen molar-refractivity contribution >= 4 is 23.0 Å². The summed E-state index contributed by atoms with van der Waals surface area (Å²) < 4.78 is 3.78. The average molecular weight is 292 g/mol. The van der Waals surface area contributed by atoms with Gasteiger partial charge in [-0.2, -0.15) is 10.2 Å². The maximum Gasteiger partial charge on any atom is 0.171 e. The molecule has 0 atom stereocenters. The van der Waals surface area contributed by atoms with Crippen molar-refractivity contribution in [1.82, 2.24) is 24.9 Å². The number of aromatic nitrogens is 4. The summed E-state index contributed by atoms with van der Waals surface area (Å²) in [5.74, 6) is 0. The molecule has 0 saturated heterocycles. The summed E-state index contributed by atoms with van der Waals surface area (Å²) in [6.07, 6.45) is 3.65. The topological polar surface area (TPSA) is 59.7 Å². The monoisotopic (exact) mass is 292 g/mol. The normalized spacial score (nSPS) is 10.6. The predicted octanol–water partition coefficient (Wildman–Crippen LogP) is 1.74. The van der Waals surface area contributed by atoms with Crippen LogP contribution in [0.2, 0.25) is 0 Å². The molecule has 7 heteroatoms. The van der Waals surface area contributed by atoms with Crippen LogP contribution in [0.5, 0.6) is 0 Å². The number of aryl methyl sites for hydroxylation is 2. The van der Waals surface area contributed by atoms with Crippen LogP contribution in [-0.4, -0.2) is 24.7 Å². The molecule has 0 amide bonds. The zero-order valence-electron chi connectivity index (χ0n) is 12.3. The van der Waals surface area contributed by atoms with Gasteiger partial charge in [0, 0.05) is 31.4 Å². The van der Waals surface area contributed by atoms with Crippen molar-refractivity contribution < 1.29 is 0 Å². The fraction of sp³-hybridized carbons (Fsp3) is 0.462. The Morgan fingerprint density at radius 1 is 1.25 bits per heavy atom. The van der Waals surface area contributed by atoms with Gasteiger partial charge >= 0.3 is 0 Å². The van der Waals surface area contributed by atoms with E-state index < -0.39 is 0 Å². The fourth-order valence-electron chi connectivity index (χ4n) is 1.94. The van der Waals surface area contributed by atoms with Crippen molar-refractivity contribution in [3.63, 3.8) is 0 Å². The van der Waals surface area contributed by atoms with Gasteiger partial charge in [0.25, 0.3) is 0 Å². The van der Waals surface area contributed by atoms with Crippen molar-refractivity contribution in [3.05, 3.63) is 29.3 Å². The molecule has 0 radical (unpaired) electrons. The van der Waals surface area contributed by atoms with Gasteiger partial charge in [0.15, 0.2) is 5.11 Å². The Morgan fingerprint density at radius 2 is 2.00 bits per heavy atom. The van der Waals surface area contributed by atoms with Gasteiger partial charge < -0.3 is 10.6 Å². The van der Waals surface area contributed by atoms with Crippen molar-refractivity contribution in [3.8, 4) is 0 Å². The number of hydrogen-bond acceptors (Lipinski definition) is 3. The first kappa shape index (κ1) is 14.5. The van der Waals surface area contributed by atoms with Gasteiger partial charge in [-0.05, 0) is 33.0 Å². The van der Waals surface area contributed by atoms with Crippen LogP contribution in [0.15, 0.2) is 12.4 Å². The van der Waals surface area contributed by atoms with E-state index in [-0.39, 0.29) is 0 Å². The third-order valence-electron chi connectivity index (χ3n) is 3.43. The SMILES string of the molecule is CCn1ncc(CNC(=S)Nc2cnn(C)c2C)c1C. The Labute approximate surface area is 124 Å². The number of nitrogens with zero attached hydrogens (tertiary/aromatic N) is 4. The molecule has 0 aromatic carbocycles. The molecule has 0 unspecified atom stereocenters. The molecule has 2 aromatic heterocycles. The number of hydrogen-bond donors (Lipinski definition) is 2. The van der Waals surface area contributed by atoms with Crippen molar-refractivity contribution in [2.24, 2.45) is 7.05 Å². The van der Waals surface area contributed by atoms with Crippen molar-refractivity contribution in [2.45, 2.75) is 33.9 Å². The second kappa shape index (κ2) is 6.04. The Hall–Kier alpha value is -1.89. The van der Waals surface area contributed by atoms with Crippen LogP contribution < -0.4 is 10.6 Å². The van der Waals surface area contributed by atoms with Gasteiger partial charge in [-0.1, -0.05) is 0 Å². The number of nitrogens with one attached hydrogen (secondary N) is 2. The fourth-order valence-corrected chi connectivity index (χ4v) is 2.12. The van der Waals surface area contributed by atoms with E-state index in [0.29, 0.717) is 11.7 Å². The summed E-state index contributed by atoms with van der Waals surface area (Å²) in [7, 11) is 1.90. The number of rotatable bonds is 4. The molecule has 0 bridgehead atoms. The van der Waals surface area contributed by atoms with Gasteiger partial charge in [-0.3, -0.25) is 9.36 Å². The summed E-state index contributed by atoms with van der Waals surface area (Å²) >= 11 is 5.30. The summed E-state index contributed by atoms with van der Waals surface area (Å²) in [5.41, 5.74) is 4.29. The third-order valence-corrected chi connectivity index (χ3v) is 3.67. The van der Waals surface area contributed by atoms with E-state index in [9.17, 15) is 0 Å². The standard InChI is InChI=1S/C13H20N6S/c1-5-19-9(2)11(7-16-19)6-14-13(20)17-12-8-15-18(4)10(12)3/h7-8H,5-6H2,1-4H3,(H2,14,17,20). The smallest absolute Gasteiger partial charge is 0.171 e. The minimum Gasteiger partial charge on any atom is -0.358 e. The van der Waals surface area contributed by atoms with Crippen LogP contribution in [0.1, 0.15) is 23.9 Å². The second-order valence-electron chi connectivity index (χ2n) is 4.65. The summed E-state index contributed by atoms with van der Waals surface area (Å²) in [6, 6.07) is 0. The molecule has 6 nitrogen and oxygen atoms in total. The van der Waals surface area contributed by atoms with Crippen LogP contribution >= 0.6 is 12.2 Å². The molecule has 0 aliphatic rings. The van der Waals surface area contributed by atoms with E-state index in [1.54, 1.807) is 10.9 Å². The Bertz CT molecular complexity index is 612. The molecule has 20 heavy (non-hydrogen) atoms. The molecule has 0 aliphatic carbocycles. The highest BCUT2D eigenvalue weighted by atomic mass is 32.1. The molecule has 0 fully saturated rings. The molecule has 0 aliphatic heterocycles. The molecule has 2 aromatic rings. The lowest BCUT2D eigenvalue weighted by atomic mass is 10.2. The molecule has 2 heterocycles. The van der Waals surface area contributed by atoms with Gasteiger partial charge in [-0.15, -0.1) is 0 Å². The van der Waals surface area contributed by atoms with Crippen molar-refractivity contribution in [1.29, 1.82) is 0 Å². The van der Waals surface area contributed by atoms with Crippen molar-refractivity contribution in [2.75, 3.05) is 5.32 Å². The molecular formula is C13H20N6S. The highest BCUT2D eigenvalue weighted by Gasteiger charge is 2.07. The van der Waals surface area contributed by atoms with Crippen LogP contribution in [-0.2, 0) is 20.1 Å². The summed E-state index contributed by atoms with van der Waals surface area (Å²) in [4.78, 5) is 0. The lowest BCUT2D eigenvalue weighted by molar-refractivity contribution is 0.638. The molecule has 0 saturated carbocycles. The summed E-state index contributed by atoms with van der Waals surface area (Å²) in [6.45, 7) is 7.68. The summed E-state index contributed by atoms with van der Waals surface area (Å²) in [5, 5.41) is 15.4. The van der Waals surface area contributed by atoms with E-state index in [4.69, 9.17) is 12.2 Å². The lowest BCUT2D eigenvalue weighted by Gasteiger charge is -2.10. The van der Waals surface area contributed by atoms with Gasteiger partial charge in [0.2, 0.25) is 0 Å². The quantitative estimate of drug-likeness (QED) is 0.841. The van der Waals surface area contributed by atoms with E-state index in [0.717, 1.165) is 23.5 Å². The first-order valence-electron chi connectivity index (χ1n) is 6.57. The highest BCUT2D eigenvalue weighted by Crippen LogP contribution is 2.12. The van der Waals surface area contributed by atoms with E-state index in [1.807, 2.05) is 24.9 Å². The first-order valence-corrected chi connectivity index (χ1v) is 6.98. The predicted molar refractivity (Wildman–Crippen MR) is 83.6 cm³/mol. The largest absolute Gasteiger partial charge is 0.358 e. The minimum absolute atomic E-state index is 0.588. The van der Waals surface area contributed by atoms with Crippen LogP contribution in [0.25, 0.3) is 0 Å². The van der Waals surface area contributed by atoms with E-state index in [2.05, 4.69) is 34.7 Å². The Balaban J connectivity index is 1.92. The minimum atomic E-state index is 0.588. The van der Waals surface area contributed by atoms with Gasteiger partial charge in [0.05, 0.1) is 23.8 Å². The lowest BCUT2D eigenvalue weighted by Crippen LogP contribution is -2.28. The number of thiocarbonyl (C=S) groups is 1. The third kappa shape index (κ3) is 2.98. The Morgan fingerprint density at radius 3 is 2.55 bits per heavy atom. The number of anilines is 1. The maximum atomic E-state index is 5.30. The zero-order chi connectivity index (χ0) is 14.7. The van der Waals surface area contributed by atoms with E-state index in [1.165, 1.54) is 5.69 Å². The van der Waals surface area contributed by atoms with Gasteiger partial charge in [0.1, 0.15) is 0 Å². The molecule has 2 rings (SSSR count). The van der Waals surface area contributed by atoms with Gasteiger partial charge in [-0.25, -0.2) is 0 Å². The Kier molecular flexibility index (Phi) is 4.39. The zero-order valence-corrected chi connectivity index (χ0v) is 13.1. The van der Waals surface area contributed by atoms with Crippen LogP contribution in [0, 0.1) is 13.8 Å². The molecule has 108 valence electrons. The second-order valence-corrected chi connectivity index (χ2v) is 5.05. The van der Waals surface area contributed by atoms with E-state index >= 15 is 0 Å².